The van der Waals surface area contributed by atoms with Crippen molar-refractivity contribution in [2.75, 3.05) is 7.11 Å². The van der Waals surface area contributed by atoms with Crippen LogP contribution in [0.2, 0.25) is 0 Å². The van der Waals surface area contributed by atoms with E-state index in [4.69, 9.17) is 21.4 Å². The minimum absolute atomic E-state index is 0.0403. The lowest BCUT2D eigenvalue weighted by molar-refractivity contribution is -0.275. The molecule has 19 heavy (non-hydrogen) atoms. The molecular weight excluding hydrogens is 291 g/mol. The van der Waals surface area contributed by atoms with Gasteiger partial charge in [-0.3, -0.25) is 4.79 Å². The summed E-state index contributed by atoms with van der Waals surface area (Å²) >= 11 is 5.52. The molecule has 0 aromatic carbocycles. The van der Waals surface area contributed by atoms with Gasteiger partial charge in [0.15, 0.2) is 5.75 Å². The van der Waals surface area contributed by atoms with Gasteiger partial charge in [-0.05, 0) is 0 Å². The first-order valence-electron chi connectivity index (χ1n) is 4.87. The zero-order valence-corrected chi connectivity index (χ0v) is 10.4. The van der Waals surface area contributed by atoms with E-state index in [0.29, 0.717) is 0 Å². The Bertz CT molecular complexity index is 479. The van der Waals surface area contributed by atoms with E-state index < -0.39 is 30.2 Å². The van der Waals surface area contributed by atoms with Gasteiger partial charge in [0.25, 0.3) is 0 Å². The molecule has 0 aliphatic rings. The third kappa shape index (κ3) is 4.47. The summed E-state index contributed by atoms with van der Waals surface area (Å²) in [5.74, 6) is -2.41. The van der Waals surface area contributed by atoms with Crippen LogP contribution >= 0.6 is 11.6 Å². The van der Waals surface area contributed by atoms with Gasteiger partial charge in [-0.1, -0.05) is 0 Å². The van der Waals surface area contributed by atoms with Crippen LogP contribution in [0.1, 0.15) is 11.3 Å². The molecule has 0 spiro atoms. The molecule has 0 saturated heterocycles. The topological polar surface area (TPSA) is 68.7 Å². The number of methoxy groups -OCH3 is 1. The summed E-state index contributed by atoms with van der Waals surface area (Å²) < 4.78 is 45.4. The van der Waals surface area contributed by atoms with Crippen molar-refractivity contribution in [3.63, 3.8) is 0 Å². The second kappa shape index (κ2) is 5.96. The molecule has 106 valence electrons. The van der Waals surface area contributed by atoms with Crippen molar-refractivity contribution in [2.24, 2.45) is 0 Å². The average molecular weight is 300 g/mol. The molecule has 1 aromatic heterocycles. The number of pyridine rings is 1. The summed E-state index contributed by atoms with van der Waals surface area (Å²) in [6, 6.07) is 1.15. The predicted octanol–water partition coefficient (Wildman–Crippen LogP) is 2.35. The molecule has 0 bridgehead atoms. The van der Waals surface area contributed by atoms with E-state index in [9.17, 15) is 18.0 Å². The Labute approximate surface area is 110 Å². The van der Waals surface area contributed by atoms with Crippen molar-refractivity contribution in [3.8, 4) is 11.6 Å². The van der Waals surface area contributed by atoms with E-state index in [2.05, 4.69) is 9.72 Å². The summed E-state index contributed by atoms with van der Waals surface area (Å²) in [7, 11) is 1.25. The number of aromatic nitrogens is 1. The Morgan fingerprint density at radius 3 is 2.58 bits per heavy atom. The van der Waals surface area contributed by atoms with Crippen molar-refractivity contribution < 1.29 is 32.5 Å². The van der Waals surface area contributed by atoms with Crippen molar-refractivity contribution in [1.29, 1.82) is 0 Å². The number of carbonyl (C=O) groups is 1. The van der Waals surface area contributed by atoms with Crippen molar-refractivity contribution in [3.05, 3.63) is 17.3 Å². The molecule has 9 heteroatoms. The highest BCUT2D eigenvalue weighted by molar-refractivity contribution is 6.17. The number of rotatable bonds is 5. The number of hydrogen-bond acceptors (Lipinski definition) is 4. The highest BCUT2D eigenvalue weighted by atomic mass is 35.5. The standard InChI is InChI=1S/C10H9ClF3NO4/c1-18-7-2-5(4-11)9(19-10(12,13)14)6(15-7)3-8(16)17/h2H,3-4H2,1H3,(H,16,17). The van der Waals surface area contributed by atoms with Crippen LogP contribution in [0.15, 0.2) is 6.07 Å². The van der Waals surface area contributed by atoms with Crippen LogP contribution < -0.4 is 9.47 Å². The second-order valence-electron chi connectivity index (χ2n) is 3.35. The van der Waals surface area contributed by atoms with Gasteiger partial charge in [-0.15, -0.1) is 24.8 Å². The van der Waals surface area contributed by atoms with Gasteiger partial charge < -0.3 is 14.6 Å². The van der Waals surface area contributed by atoms with Crippen LogP contribution in [0.25, 0.3) is 0 Å². The largest absolute Gasteiger partial charge is 0.573 e. The molecule has 1 aromatic rings. The Kier molecular flexibility index (Phi) is 4.82. The Morgan fingerprint density at radius 2 is 2.16 bits per heavy atom. The Balaban J connectivity index is 3.32. The first kappa shape index (κ1) is 15.4. The number of nitrogens with zero attached hydrogens (tertiary/aromatic N) is 1. The number of hydrogen-bond donors (Lipinski definition) is 1. The molecule has 0 radical (unpaired) electrons. The quantitative estimate of drug-likeness (QED) is 0.845. The lowest BCUT2D eigenvalue weighted by atomic mass is 10.1. The van der Waals surface area contributed by atoms with Crippen molar-refractivity contribution in [2.45, 2.75) is 18.7 Å². The van der Waals surface area contributed by atoms with Gasteiger partial charge >= 0.3 is 12.3 Å². The average Bonchev–Trinajstić information content (AvgIpc) is 2.28. The van der Waals surface area contributed by atoms with Gasteiger partial charge in [0.2, 0.25) is 5.88 Å². The molecule has 0 unspecified atom stereocenters. The van der Waals surface area contributed by atoms with Crippen molar-refractivity contribution in [1.82, 2.24) is 4.98 Å². The molecule has 1 rings (SSSR count). The highest BCUT2D eigenvalue weighted by Crippen LogP contribution is 2.33. The SMILES string of the molecule is COc1cc(CCl)c(OC(F)(F)F)c(CC(=O)O)n1. The summed E-state index contributed by atoms with van der Waals surface area (Å²) in [5, 5.41) is 8.67. The second-order valence-corrected chi connectivity index (χ2v) is 3.62. The maximum atomic E-state index is 12.3. The molecule has 0 atom stereocenters. The smallest absolute Gasteiger partial charge is 0.481 e. The van der Waals surface area contributed by atoms with E-state index in [1.807, 2.05) is 0 Å². The van der Waals surface area contributed by atoms with Crippen LogP contribution in [0, 0.1) is 0 Å². The number of carboxylic acid groups (broad SMARTS) is 1. The van der Waals surface area contributed by atoms with Gasteiger partial charge in [0.1, 0.15) is 0 Å². The Hall–Kier alpha value is -1.70. The normalized spacial score (nSPS) is 11.2. The van der Waals surface area contributed by atoms with Gasteiger partial charge in [-0.25, -0.2) is 4.98 Å². The fraction of sp³-hybridized carbons (Fsp3) is 0.400. The van der Waals surface area contributed by atoms with Gasteiger partial charge in [-0.2, -0.15) is 0 Å². The number of alkyl halides is 4. The first-order valence-corrected chi connectivity index (χ1v) is 5.40. The third-order valence-electron chi connectivity index (χ3n) is 1.99. The number of aliphatic carboxylic acids is 1. The molecule has 0 saturated carbocycles. The summed E-state index contributed by atoms with van der Waals surface area (Å²) in [4.78, 5) is 14.3. The van der Waals surface area contributed by atoms with E-state index in [1.165, 1.54) is 7.11 Å². The molecule has 5 nitrogen and oxygen atoms in total. The lowest BCUT2D eigenvalue weighted by Crippen LogP contribution is -2.20. The molecule has 0 amide bonds. The summed E-state index contributed by atoms with van der Waals surface area (Å²) in [6.45, 7) is 0. The number of carboxylic acids is 1. The van der Waals surface area contributed by atoms with Crippen LogP contribution in [0.5, 0.6) is 11.6 Å². The Morgan fingerprint density at radius 1 is 1.53 bits per heavy atom. The summed E-state index contributed by atoms with van der Waals surface area (Å²) in [6.07, 6.45) is -5.71. The first-order chi connectivity index (χ1) is 8.76. The maximum absolute atomic E-state index is 12.3. The number of ether oxygens (including phenoxy) is 2. The molecule has 0 aliphatic heterocycles. The van der Waals surface area contributed by atoms with Gasteiger partial charge in [0.05, 0.1) is 25.1 Å². The van der Waals surface area contributed by atoms with Crippen LogP contribution in [0.4, 0.5) is 13.2 Å². The maximum Gasteiger partial charge on any atom is 0.573 e. The molecule has 0 aliphatic carbocycles. The van der Waals surface area contributed by atoms with E-state index in [0.717, 1.165) is 6.07 Å². The monoisotopic (exact) mass is 299 g/mol. The fourth-order valence-corrected chi connectivity index (χ4v) is 1.52. The van der Waals surface area contributed by atoms with E-state index in [-0.39, 0.29) is 17.3 Å². The van der Waals surface area contributed by atoms with Crippen LogP contribution in [0.3, 0.4) is 0 Å². The minimum Gasteiger partial charge on any atom is -0.481 e. The lowest BCUT2D eigenvalue weighted by Gasteiger charge is -2.16. The fourth-order valence-electron chi connectivity index (χ4n) is 1.32. The zero-order chi connectivity index (χ0) is 14.6. The molecule has 1 heterocycles. The van der Waals surface area contributed by atoms with E-state index >= 15 is 0 Å². The van der Waals surface area contributed by atoms with Crippen molar-refractivity contribution >= 4 is 17.6 Å². The van der Waals surface area contributed by atoms with Gasteiger partial charge in [0, 0.05) is 11.6 Å². The van der Waals surface area contributed by atoms with Crippen LogP contribution in [-0.2, 0) is 17.1 Å². The zero-order valence-electron chi connectivity index (χ0n) is 9.62. The highest BCUT2D eigenvalue weighted by Gasteiger charge is 2.34. The van der Waals surface area contributed by atoms with E-state index in [1.54, 1.807) is 0 Å². The molecule has 1 N–H and O–H groups in total. The van der Waals surface area contributed by atoms with Crippen LogP contribution in [-0.4, -0.2) is 29.5 Å². The third-order valence-corrected chi connectivity index (χ3v) is 2.27. The minimum atomic E-state index is -4.97. The predicted molar refractivity (Wildman–Crippen MR) is 58.4 cm³/mol. The molecule has 0 fully saturated rings. The summed E-state index contributed by atoms with van der Waals surface area (Å²) in [5.41, 5.74) is -0.457. The number of halogens is 4. The molecular formula is C10H9ClF3NO4.